The minimum absolute atomic E-state index is 0.775. The minimum Gasteiger partial charge on any atom is -0.312 e. The molecule has 3 rings (SSSR count). The second-order valence-corrected chi connectivity index (χ2v) is 8.39. The lowest BCUT2D eigenvalue weighted by Crippen LogP contribution is -2.52. The van der Waals surface area contributed by atoms with Gasteiger partial charge in [-0.2, -0.15) is 0 Å². The van der Waals surface area contributed by atoms with Crippen molar-refractivity contribution in [3.63, 3.8) is 0 Å². The molecule has 1 heterocycles. The molecule has 0 aromatic rings. The van der Waals surface area contributed by atoms with Crippen LogP contribution in [0.2, 0.25) is 0 Å². The summed E-state index contributed by atoms with van der Waals surface area (Å²) in [5.74, 6) is 1.94. The van der Waals surface area contributed by atoms with Gasteiger partial charge in [-0.15, -0.1) is 0 Å². The normalized spacial score (nSPS) is 32.0. The molecule has 22 heavy (non-hydrogen) atoms. The molecule has 0 bridgehead atoms. The van der Waals surface area contributed by atoms with Crippen molar-refractivity contribution in [3.8, 4) is 0 Å². The largest absolute Gasteiger partial charge is 0.312 e. The van der Waals surface area contributed by atoms with E-state index in [1.807, 2.05) is 0 Å². The van der Waals surface area contributed by atoms with Gasteiger partial charge in [0, 0.05) is 25.2 Å². The summed E-state index contributed by atoms with van der Waals surface area (Å²) in [7, 11) is 0. The molecule has 2 atom stereocenters. The smallest absolute Gasteiger partial charge is 0.0198 e. The molecule has 3 aliphatic rings. The van der Waals surface area contributed by atoms with Gasteiger partial charge >= 0.3 is 0 Å². The van der Waals surface area contributed by atoms with Crippen molar-refractivity contribution in [1.29, 1.82) is 0 Å². The molecule has 2 nitrogen and oxygen atoms in total. The van der Waals surface area contributed by atoms with Gasteiger partial charge in [-0.1, -0.05) is 45.4 Å². The Morgan fingerprint density at radius 2 is 1.64 bits per heavy atom. The highest BCUT2D eigenvalue weighted by Gasteiger charge is 2.32. The summed E-state index contributed by atoms with van der Waals surface area (Å²) in [6.45, 7) is 6.36. The Morgan fingerprint density at radius 1 is 0.909 bits per heavy atom. The van der Waals surface area contributed by atoms with Crippen LogP contribution in [0.15, 0.2) is 0 Å². The number of nitrogens with one attached hydrogen (secondary N) is 1. The van der Waals surface area contributed by atoms with E-state index in [0.29, 0.717) is 0 Å². The van der Waals surface area contributed by atoms with E-state index in [0.717, 1.165) is 23.9 Å². The summed E-state index contributed by atoms with van der Waals surface area (Å²) in [6, 6.07) is 1.69. The average Bonchev–Trinajstić information content (AvgIpc) is 3.23. The maximum absolute atomic E-state index is 3.98. The molecule has 2 aliphatic carbocycles. The van der Waals surface area contributed by atoms with Crippen LogP contribution in [0.25, 0.3) is 0 Å². The summed E-state index contributed by atoms with van der Waals surface area (Å²) in [4.78, 5) is 2.88. The number of piperidine rings is 1. The van der Waals surface area contributed by atoms with Crippen LogP contribution in [-0.4, -0.2) is 36.6 Å². The van der Waals surface area contributed by atoms with Crippen LogP contribution in [0, 0.1) is 11.8 Å². The lowest BCUT2D eigenvalue weighted by molar-refractivity contribution is 0.0929. The van der Waals surface area contributed by atoms with Crippen LogP contribution in [0.5, 0.6) is 0 Å². The first-order chi connectivity index (χ1) is 10.8. The molecule has 1 N–H and O–H groups in total. The predicted octanol–water partition coefficient (Wildman–Crippen LogP) is 4.59. The Hall–Kier alpha value is -0.0800. The van der Waals surface area contributed by atoms with Crippen molar-refractivity contribution in [2.45, 2.75) is 96.1 Å². The third-order valence-corrected chi connectivity index (χ3v) is 6.54. The standard InChI is InChI=1S/C20H38N2/c1-2-3-8-18-13-19(21-14-17-9-4-5-10-17)16-22(15-18)20-11-6-7-12-20/h17-21H,2-16H2,1H3. The van der Waals surface area contributed by atoms with Crippen molar-refractivity contribution in [2.24, 2.45) is 11.8 Å². The molecule has 1 aliphatic heterocycles. The molecule has 0 spiro atoms. The topological polar surface area (TPSA) is 15.3 Å². The zero-order chi connectivity index (χ0) is 15.2. The summed E-state index contributed by atoms with van der Waals surface area (Å²) >= 11 is 0. The van der Waals surface area contributed by atoms with E-state index in [-0.39, 0.29) is 0 Å². The molecule has 3 fully saturated rings. The van der Waals surface area contributed by atoms with Crippen molar-refractivity contribution < 1.29 is 0 Å². The van der Waals surface area contributed by atoms with Crippen LogP contribution >= 0.6 is 0 Å². The molecule has 0 amide bonds. The zero-order valence-corrected chi connectivity index (χ0v) is 14.9. The molecule has 2 heteroatoms. The first kappa shape index (κ1) is 16.8. The Balaban J connectivity index is 1.50. The zero-order valence-electron chi connectivity index (χ0n) is 14.9. The molecule has 0 radical (unpaired) electrons. The summed E-state index contributed by atoms with van der Waals surface area (Å²) in [6.07, 6.45) is 17.5. The van der Waals surface area contributed by atoms with Gasteiger partial charge in [-0.05, 0) is 56.9 Å². The monoisotopic (exact) mass is 306 g/mol. The van der Waals surface area contributed by atoms with Crippen LogP contribution < -0.4 is 5.32 Å². The highest BCUT2D eigenvalue weighted by molar-refractivity contribution is 4.89. The Morgan fingerprint density at radius 3 is 2.36 bits per heavy atom. The maximum Gasteiger partial charge on any atom is 0.0198 e. The summed E-state index contributed by atoms with van der Waals surface area (Å²) in [5.41, 5.74) is 0. The molecule has 2 saturated carbocycles. The van der Waals surface area contributed by atoms with E-state index < -0.39 is 0 Å². The Kier molecular flexibility index (Phi) is 6.62. The average molecular weight is 307 g/mol. The van der Waals surface area contributed by atoms with Gasteiger partial charge in [-0.25, -0.2) is 0 Å². The highest BCUT2D eigenvalue weighted by Crippen LogP contribution is 2.30. The van der Waals surface area contributed by atoms with E-state index in [1.165, 1.54) is 96.7 Å². The SMILES string of the molecule is CCCCC1CC(NCC2CCCC2)CN(C2CCCC2)C1. The van der Waals surface area contributed by atoms with Crippen molar-refractivity contribution in [3.05, 3.63) is 0 Å². The second kappa shape index (κ2) is 8.68. The van der Waals surface area contributed by atoms with Gasteiger partial charge in [0.1, 0.15) is 0 Å². The first-order valence-electron chi connectivity index (χ1n) is 10.3. The fraction of sp³-hybridized carbons (Fsp3) is 1.00. The fourth-order valence-electron chi connectivity index (χ4n) is 5.21. The van der Waals surface area contributed by atoms with Crippen LogP contribution in [0.4, 0.5) is 0 Å². The number of hydrogen-bond donors (Lipinski definition) is 1. The van der Waals surface area contributed by atoms with Gasteiger partial charge in [0.05, 0.1) is 0 Å². The second-order valence-electron chi connectivity index (χ2n) is 8.39. The van der Waals surface area contributed by atoms with Gasteiger partial charge in [0.25, 0.3) is 0 Å². The molecule has 1 saturated heterocycles. The maximum atomic E-state index is 3.98. The molecule has 128 valence electrons. The van der Waals surface area contributed by atoms with Gasteiger partial charge in [0.15, 0.2) is 0 Å². The lowest BCUT2D eigenvalue weighted by Gasteiger charge is -2.42. The number of rotatable bonds is 7. The number of likely N-dealkylation sites (tertiary alicyclic amines) is 1. The Labute approximate surface area is 138 Å². The third kappa shape index (κ3) is 4.71. The number of nitrogens with zero attached hydrogens (tertiary/aromatic N) is 1. The summed E-state index contributed by atoms with van der Waals surface area (Å²) in [5, 5.41) is 3.98. The predicted molar refractivity (Wildman–Crippen MR) is 95.2 cm³/mol. The Bertz CT molecular complexity index is 305. The van der Waals surface area contributed by atoms with Crippen LogP contribution in [-0.2, 0) is 0 Å². The van der Waals surface area contributed by atoms with Gasteiger partial charge in [0.2, 0.25) is 0 Å². The molecule has 0 aromatic heterocycles. The first-order valence-corrected chi connectivity index (χ1v) is 10.3. The van der Waals surface area contributed by atoms with E-state index >= 15 is 0 Å². The molecule has 2 unspecified atom stereocenters. The number of unbranched alkanes of at least 4 members (excludes halogenated alkanes) is 1. The fourth-order valence-corrected chi connectivity index (χ4v) is 5.21. The minimum atomic E-state index is 0.775. The molecular weight excluding hydrogens is 268 g/mol. The van der Waals surface area contributed by atoms with Crippen molar-refractivity contribution in [1.82, 2.24) is 10.2 Å². The van der Waals surface area contributed by atoms with Crippen molar-refractivity contribution in [2.75, 3.05) is 19.6 Å². The highest BCUT2D eigenvalue weighted by atomic mass is 15.2. The molecule has 0 aromatic carbocycles. The van der Waals surface area contributed by atoms with E-state index in [4.69, 9.17) is 0 Å². The van der Waals surface area contributed by atoms with E-state index in [2.05, 4.69) is 17.1 Å². The van der Waals surface area contributed by atoms with Crippen molar-refractivity contribution >= 4 is 0 Å². The van der Waals surface area contributed by atoms with E-state index in [9.17, 15) is 0 Å². The van der Waals surface area contributed by atoms with Crippen LogP contribution in [0.3, 0.4) is 0 Å². The van der Waals surface area contributed by atoms with E-state index in [1.54, 1.807) is 0 Å². The quantitative estimate of drug-likeness (QED) is 0.740. The van der Waals surface area contributed by atoms with Crippen LogP contribution in [0.1, 0.15) is 84.0 Å². The third-order valence-electron chi connectivity index (χ3n) is 6.54. The summed E-state index contributed by atoms with van der Waals surface area (Å²) < 4.78 is 0. The lowest BCUT2D eigenvalue weighted by atomic mass is 9.88. The number of hydrogen-bond acceptors (Lipinski definition) is 2. The van der Waals surface area contributed by atoms with Gasteiger partial charge in [-0.3, -0.25) is 4.90 Å². The van der Waals surface area contributed by atoms with Gasteiger partial charge < -0.3 is 5.32 Å². The molecular formula is C20H38N2.